The number of para-hydroxylation sites is 2. The summed E-state index contributed by atoms with van der Waals surface area (Å²) < 4.78 is 11.2. The smallest absolute Gasteiger partial charge is 0.221 e. The standard InChI is InChI=1S/C12H14ClNO3/c13-6-5-12(15)14-7-9-8-16-10-3-1-2-4-11(10)17-9/h1-4,9H,5-8H2,(H,14,15). The van der Waals surface area contributed by atoms with Crippen LogP contribution in [0.15, 0.2) is 24.3 Å². The number of nitrogens with one attached hydrogen (secondary N) is 1. The Morgan fingerprint density at radius 3 is 2.94 bits per heavy atom. The fourth-order valence-corrected chi connectivity index (χ4v) is 1.74. The van der Waals surface area contributed by atoms with Crippen LogP contribution in [0.4, 0.5) is 0 Å². The zero-order chi connectivity index (χ0) is 12.1. The summed E-state index contributed by atoms with van der Waals surface area (Å²) in [6.07, 6.45) is 0.176. The van der Waals surface area contributed by atoms with E-state index in [1.54, 1.807) is 0 Å². The molecule has 4 nitrogen and oxygen atoms in total. The Labute approximate surface area is 105 Å². The second-order valence-corrected chi connectivity index (χ2v) is 4.12. The van der Waals surface area contributed by atoms with E-state index in [2.05, 4.69) is 5.32 Å². The Kier molecular flexibility index (Phi) is 4.09. The molecule has 5 heteroatoms. The highest BCUT2D eigenvalue weighted by atomic mass is 35.5. The van der Waals surface area contributed by atoms with E-state index < -0.39 is 0 Å². The Hall–Kier alpha value is -1.42. The lowest BCUT2D eigenvalue weighted by Gasteiger charge is -2.26. The molecule has 0 fully saturated rings. The third-order valence-electron chi connectivity index (χ3n) is 2.42. The summed E-state index contributed by atoms with van der Waals surface area (Å²) in [6, 6.07) is 7.49. The normalized spacial score (nSPS) is 17.6. The molecule has 1 N–H and O–H groups in total. The number of alkyl halides is 1. The van der Waals surface area contributed by atoms with Crippen LogP contribution in [0, 0.1) is 0 Å². The average molecular weight is 256 g/mol. The van der Waals surface area contributed by atoms with Gasteiger partial charge in [-0.3, -0.25) is 4.79 Å². The van der Waals surface area contributed by atoms with Gasteiger partial charge in [0.1, 0.15) is 12.7 Å². The van der Waals surface area contributed by atoms with E-state index in [0.29, 0.717) is 25.5 Å². The van der Waals surface area contributed by atoms with Gasteiger partial charge in [-0.25, -0.2) is 0 Å². The first kappa shape index (κ1) is 12.0. The van der Waals surface area contributed by atoms with Crippen molar-refractivity contribution in [3.05, 3.63) is 24.3 Å². The van der Waals surface area contributed by atoms with E-state index in [4.69, 9.17) is 21.1 Å². The fraction of sp³-hybridized carbons (Fsp3) is 0.417. The Morgan fingerprint density at radius 1 is 1.41 bits per heavy atom. The van der Waals surface area contributed by atoms with Crippen LogP contribution < -0.4 is 14.8 Å². The maximum atomic E-state index is 11.2. The Morgan fingerprint density at radius 2 is 2.18 bits per heavy atom. The number of amides is 1. The van der Waals surface area contributed by atoms with Gasteiger partial charge in [0, 0.05) is 12.3 Å². The summed E-state index contributed by atoms with van der Waals surface area (Å²) in [7, 11) is 0. The molecular formula is C12H14ClNO3. The second kappa shape index (κ2) is 5.77. The number of hydrogen-bond donors (Lipinski definition) is 1. The van der Waals surface area contributed by atoms with Crippen molar-refractivity contribution in [3.63, 3.8) is 0 Å². The molecule has 0 saturated carbocycles. The topological polar surface area (TPSA) is 47.6 Å². The molecule has 0 aromatic heterocycles. The first-order valence-electron chi connectivity index (χ1n) is 5.50. The molecular weight excluding hydrogens is 242 g/mol. The first-order chi connectivity index (χ1) is 8.29. The lowest BCUT2D eigenvalue weighted by atomic mass is 10.2. The fourth-order valence-electron chi connectivity index (χ4n) is 1.57. The van der Waals surface area contributed by atoms with Gasteiger partial charge in [-0.2, -0.15) is 0 Å². The molecule has 0 radical (unpaired) electrons. The van der Waals surface area contributed by atoms with Crippen LogP contribution in [0.25, 0.3) is 0 Å². The number of ether oxygens (including phenoxy) is 2. The van der Waals surface area contributed by atoms with Crippen LogP contribution in [0.1, 0.15) is 6.42 Å². The van der Waals surface area contributed by atoms with Gasteiger partial charge in [0.15, 0.2) is 11.5 Å². The summed E-state index contributed by atoms with van der Waals surface area (Å²) >= 11 is 5.47. The minimum absolute atomic E-state index is 0.0672. The molecule has 1 unspecified atom stereocenters. The molecule has 0 bridgehead atoms. The third-order valence-corrected chi connectivity index (χ3v) is 2.60. The van der Waals surface area contributed by atoms with E-state index in [9.17, 15) is 4.79 Å². The molecule has 0 aliphatic carbocycles. The number of hydrogen-bond acceptors (Lipinski definition) is 3. The SMILES string of the molecule is O=C(CCCl)NCC1COc2ccccc2O1. The first-order valence-corrected chi connectivity index (χ1v) is 6.04. The van der Waals surface area contributed by atoms with Crippen LogP contribution in [0.2, 0.25) is 0 Å². The van der Waals surface area contributed by atoms with Crippen molar-refractivity contribution in [1.29, 1.82) is 0 Å². The van der Waals surface area contributed by atoms with Crippen molar-refractivity contribution in [2.24, 2.45) is 0 Å². The van der Waals surface area contributed by atoms with Gasteiger partial charge in [0.25, 0.3) is 0 Å². The largest absolute Gasteiger partial charge is 0.486 e. The van der Waals surface area contributed by atoms with Gasteiger partial charge in [-0.15, -0.1) is 11.6 Å². The number of halogens is 1. The van der Waals surface area contributed by atoms with Crippen LogP contribution >= 0.6 is 11.6 Å². The van der Waals surface area contributed by atoms with Gasteiger partial charge < -0.3 is 14.8 Å². The predicted molar refractivity (Wildman–Crippen MR) is 64.7 cm³/mol. The van der Waals surface area contributed by atoms with Gasteiger partial charge in [-0.05, 0) is 12.1 Å². The summed E-state index contributed by atoms with van der Waals surface area (Å²) in [5, 5.41) is 2.76. The van der Waals surface area contributed by atoms with E-state index in [0.717, 1.165) is 11.5 Å². The molecule has 92 valence electrons. The molecule has 1 aliphatic rings. The molecule has 2 rings (SSSR count). The maximum Gasteiger partial charge on any atom is 0.221 e. The number of benzene rings is 1. The molecule has 1 aromatic carbocycles. The van der Waals surface area contributed by atoms with Crippen molar-refractivity contribution in [2.75, 3.05) is 19.0 Å². The Bertz CT molecular complexity index is 397. The van der Waals surface area contributed by atoms with Crippen molar-refractivity contribution < 1.29 is 14.3 Å². The highest BCUT2D eigenvalue weighted by molar-refractivity contribution is 6.18. The second-order valence-electron chi connectivity index (χ2n) is 3.74. The van der Waals surface area contributed by atoms with Gasteiger partial charge >= 0.3 is 0 Å². The molecule has 1 aromatic rings. The molecule has 17 heavy (non-hydrogen) atoms. The number of fused-ring (bicyclic) bond motifs is 1. The lowest BCUT2D eigenvalue weighted by Crippen LogP contribution is -2.40. The summed E-state index contributed by atoms with van der Waals surface area (Å²) in [6.45, 7) is 0.877. The van der Waals surface area contributed by atoms with Gasteiger partial charge in [-0.1, -0.05) is 12.1 Å². The maximum absolute atomic E-state index is 11.2. The number of carbonyl (C=O) groups excluding carboxylic acids is 1. The molecule has 1 amide bonds. The molecule has 0 spiro atoms. The van der Waals surface area contributed by atoms with Crippen LogP contribution in [0.3, 0.4) is 0 Å². The summed E-state index contributed by atoms with van der Waals surface area (Å²) in [5.74, 6) is 1.73. The van der Waals surface area contributed by atoms with E-state index in [1.807, 2.05) is 24.3 Å². The number of carbonyl (C=O) groups is 1. The van der Waals surface area contributed by atoms with E-state index in [-0.39, 0.29) is 12.0 Å². The van der Waals surface area contributed by atoms with E-state index >= 15 is 0 Å². The van der Waals surface area contributed by atoms with Crippen molar-refractivity contribution in [3.8, 4) is 11.5 Å². The zero-order valence-electron chi connectivity index (χ0n) is 9.32. The third kappa shape index (κ3) is 3.27. The predicted octanol–water partition coefficient (Wildman–Crippen LogP) is 1.57. The molecule has 1 aliphatic heterocycles. The highest BCUT2D eigenvalue weighted by Gasteiger charge is 2.20. The number of rotatable bonds is 4. The monoisotopic (exact) mass is 255 g/mol. The minimum atomic E-state index is -0.149. The van der Waals surface area contributed by atoms with Crippen LogP contribution in [-0.4, -0.2) is 31.0 Å². The van der Waals surface area contributed by atoms with Gasteiger partial charge in [0.2, 0.25) is 5.91 Å². The lowest BCUT2D eigenvalue weighted by molar-refractivity contribution is -0.121. The van der Waals surface area contributed by atoms with Gasteiger partial charge in [0.05, 0.1) is 6.54 Å². The molecule has 1 heterocycles. The van der Waals surface area contributed by atoms with Crippen LogP contribution in [-0.2, 0) is 4.79 Å². The quantitative estimate of drug-likeness (QED) is 0.831. The summed E-state index contributed by atoms with van der Waals surface area (Å²) in [5.41, 5.74) is 0. The summed E-state index contributed by atoms with van der Waals surface area (Å²) in [4.78, 5) is 11.2. The zero-order valence-corrected chi connectivity index (χ0v) is 10.1. The average Bonchev–Trinajstić information content (AvgIpc) is 2.36. The van der Waals surface area contributed by atoms with Crippen molar-refractivity contribution in [1.82, 2.24) is 5.32 Å². The molecule has 1 atom stereocenters. The Balaban J connectivity index is 1.84. The van der Waals surface area contributed by atoms with Crippen molar-refractivity contribution in [2.45, 2.75) is 12.5 Å². The highest BCUT2D eigenvalue weighted by Crippen LogP contribution is 2.30. The van der Waals surface area contributed by atoms with Crippen molar-refractivity contribution >= 4 is 17.5 Å². The van der Waals surface area contributed by atoms with Crippen LogP contribution in [0.5, 0.6) is 11.5 Å². The van der Waals surface area contributed by atoms with E-state index in [1.165, 1.54) is 0 Å². The minimum Gasteiger partial charge on any atom is -0.486 e. The molecule has 0 saturated heterocycles.